The summed E-state index contributed by atoms with van der Waals surface area (Å²) < 4.78 is 15.0. The molecule has 0 spiro atoms. The van der Waals surface area contributed by atoms with Crippen LogP contribution < -0.4 is 14.8 Å². The summed E-state index contributed by atoms with van der Waals surface area (Å²) in [6.07, 6.45) is 1.00. The Morgan fingerprint density at radius 2 is 1.70 bits per heavy atom. The Balaban J connectivity index is 2.06. The van der Waals surface area contributed by atoms with Crippen LogP contribution in [0.2, 0.25) is 0 Å². The number of nitrogens with zero attached hydrogens (tertiary/aromatic N) is 1. The number of hydrogen-bond acceptors (Lipinski definition) is 7. The fourth-order valence-electron chi connectivity index (χ4n) is 2.72. The lowest BCUT2D eigenvalue weighted by atomic mass is 9.99. The van der Waals surface area contributed by atoms with E-state index >= 15 is 0 Å². The van der Waals surface area contributed by atoms with Crippen LogP contribution in [-0.4, -0.2) is 37.6 Å². The number of nitrogens with one attached hydrogen (secondary N) is 1. The molecule has 0 aliphatic rings. The average molecular weight is 416 g/mol. The van der Waals surface area contributed by atoms with Crippen molar-refractivity contribution in [3.8, 4) is 11.5 Å². The van der Waals surface area contributed by atoms with Gasteiger partial charge in [0, 0.05) is 11.8 Å². The number of hydrogen-bond donors (Lipinski definition) is 1. The highest BCUT2D eigenvalue weighted by atomic mass is 16.6. The molecule has 0 saturated heterocycles. The molecular weight excluding hydrogens is 392 g/mol. The van der Waals surface area contributed by atoms with Crippen molar-refractivity contribution in [1.82, 2.24) is 0 Å². The Kier molecular flexibility index (Phi) is 7.74. The highest BCUT2D eigenvalue weighted by molar-refractivity contribution is 5.98. The summed E-state index contributed by atoms with van der Waals surface area (Å²) in [6.45, 7) is 3.61. The molecule has 1 N–H and O–H groups in total. The van der Waals surface area contributed by atoms with Crippen LogP contribution in [0.4, 0.5) is 11.4 Å². The lowest BCUT2D eigenvalue weighted by Crippen LogP contribution is -2.21. The van der Waals surface area contributed by atoms with Crippen LogP contribution in [0, 0.1) is 10.1 Å². The number of esters is 1. The summed E-state index contributed by atoms with van der Waals surface area (Å²) in [7, 11) is 2.65. The molecule has 0 radical (unpaired) electrons. The number of benzene rings is 2. The first kappa shape index (κ1) is 22.7. The molecule has 0 heterocycles. The standard InChI is InChI=1S/C21H24N2O7/c1-5-13(2)14-6-8-15(9-7-14)22-20(24)12-30-21(25)16-10-18(28-3)19(29-4)11-17(16)23(26)27/h6-11,13H,5,12H2,1-4H3,(H,22,24)/t13-/m1/s1. The van der Waals surface area contributed by atoms with Gasteiger partial charge in [0.15, 0.2) is 18.1 Å². The summed E-state index contributed by atoms with van der Waals surface area (Å²) in [4.78, 5) is 35.0. The molecule has 30 heavy (non-hydrogen) atoms. The van der Waals surface area contributed by atoms with Crippen molar-refractivity contribution < 1.29 is 28.7 Å². The predicted molar refractivity (Wildman–Crippen MR) is 110 cm³/mol. The van der Waals surface area contributed by atoms with Gasteiger partial charge in [-0.25, -0.2) is 4.79 Å². The molecule has 2 rings (SSSR count). The topological polar surface area (TPSA) is 117 Å². The maximum atomic E-state index is 12.3. The molecule has 1 amide bonds. The van der Waals surface area contributed by atoms with Crippen LogP contribution in [0.25, 0.3) is 0 Å². The van der Waals surface area contributed by atoms with Crippen LogP contribution in [0.15, 0.2) is 36.4 Å². The van der Waals surface area contributed by atoms with E-state index in [1.807, 2.05) is 12.1 Å². The van der Waals surface area contributed by atoms with Crippen molar-refractivity contribution in [3.05, 3.63) is 57.6 Å². The third kappa shape index (κ3) is 5.47. The van der Waals surface area contributed by atoms with E-state index in [2.05, 4.69) is 19.2 Å². The van der Waals surface area contributed by atoms with E-state index in [-0.39, 0.29) is 17.1 Å². The molecule has 2 aromatic carbocycles. The van der Waals surface area contributed by atoms with Crippen LogP contribution in [0.5, 0.6) is 11.5 Å². The number of amides is 1. The monoisotopic (exact) mass is 416 g/mol. The zero-order valence-corrected chi connectivity index (χ0v) is 17.3. The third-order valence-corrected chi connectivity index (χ3v) is 4.63. The molecule has 0 fully saturated rings. The van der Waals surface area contributed by atoms with Crippen molar-refractivity contribution in [3.63, 3.8) is 0 Å². The van der Waals surface area contributed by atoms with E-state index in [1.54, 1.807) is 12.1 Å². The number of rotatable bonds is 9. The zero-order valence-electron chi connectivity index (χ0n) is 17.3. The van der Waals surface area contributed by atoms with Crippen LogP contribution in [0.1, 0.15) is 42.1 Å². The van der Waals surface area contributed by atoms with Gasteiger partial charge in [-0.2, -0.15) is 0 Å². The maximum absolute atomic E-state index is 12.3. The fourth-order valence-corrected chi connectivity index (χ4v) is 2.72. The molecule has 1 atom stereocenters. The number of carbonyl (C=O) groups excluding carboxylic acids is 2. The van der Waals surface area contributed by atoms with E-state index in [4.69, 9.17) is 14.2 Å². The summed E-state index contributed by atoms with van der Waals surface area (Å²) in [5, 5.41) is 13.9. The summed E-state index contributed by atoms with van der Waals surface area (Å²) in [5.74, 6) is -0.957. The highest BCUT2D eigenvalue weighted by Crippen LogP contribution is 2.34. The van der Waals surface area contributed by atoms with E-state index in [0.717, 1.165) is 24.1 Å². The lowest BCUT2D eigenvalue weighted by Gasteiger charge is -2.11. The molecular formula is C21H24N2O7. The maximum Gasteiger partial charge on any atom is 0.345 e. The van der Waals surface area contributed by atoms with Crippen molar-refractivity contribution >= 4 is 23.3 Å². The molecule has 0 aromatic heterocycles. The molecule has 160 valence electrons. The fraction of sp³-hybridized carbons (Fsp3) is 0.333. The highest BCUT2D eigenvalue weighted by Gasteiger charge is 2.26. The SMILES string of the molecule is CC[C@@H](C)c1ccc(NC(=O)COC(=O)c2cc(OC)c(OC)cc2[N+](=O)[O-])cc1. The van der Waals surface area contributed by atoms with Gasteiger partial charge in [0.1, 0.15) is 5.56 Å². The van der Waals surface area contributed by atoms with Gasteiger partial charge < -0.3 is 19.5 Å². The summed E-state index contributed by atoms with van der Waals surface area (Å²) >= 11 is 0. The third-order valence-electron chi connectivity index (χ3n) is 4.63. The minimum atomic E-state index is -1.02. The lowest BCUT2D eigenvalue weighted by molar-refractivity contribution is -0.385. The Hall–Kier alpha value is -3.62. The van der Waals surface area contributed by atoms with Crippen LogP contribution in [0.3, 0.4) is 0 Å². The number of carbonyl (C=O) groups is 2. The number of nitro benzene ring substituents is 1. The molecule has 2 aromatic rings. The smallest absolute Gasteiger partial charge is 0.345 e. The van der Waals surface area contributed by atoms with E-state index in [1.165, 1.54) is 14.2 Å². The molecule has 9 nitrogen and oxygen atoms in total. The summed E-state index contributed by atoms with van der Waals surface area (Å²) in [5.41, 5.74) is 0.852. The van der Waals surface area contributed by atoms with E-state index < -0.39 is 29.1 Å². The second kappa shape index (κ2) is 10.2. The summed E-state index contributed by atoms with van der Waals surface area (Å²) in [6, 6.07) is 9.57. The van der Waals surface area contributed by atoms with Crippen LogP contribution in [-0.2, 0) is 9.53 Å². The molecule has 0 bridgehead atoms. The molecule has 0 aliphatic heterocycles. The normalized spacial score (nSPS) is 11.3. The van der Waals surface area contributed by atoms with Gasteiger partial charge in [-0.05, 0) is 30.0 Å². The van der Waals surface area contributed by atoms with Crippen molar-refractivity contribution in [2.75, 3.05) is 26.1 Å². The molecule has 9 heteroatoms. The van der Waals surface area contributed by atoms with Gasteiger partial charge in [0.05, 0.1) is 25.2 Å². The Bertz CT molecular complexity index is 926. The predicted octanol–water partition coefficient (Wildman–Crippen LogP) is 3.92. The largest absolute Gasteiger partial charge is 0.493 e. The van der Waals surface area contributed by atoms with Crippen molar-refractivity contribution in [2.24, 2.45) is 0 Å². The second-order valence-corrected chi connectivity index (χ2v) is 6.54. The van der Waals surface area contributed by atoms with Crippen molar-refractivity contribution in [1.29, 1.82) is 0 Å². The first-order valence-corrected chi connectivity index (χ1v) is 9.28. The van der Waals surface area contributed by atoms with Crippen molar-refractivity contribution in [2.45, 2.75) is 26.2 Å². The van der Waals surface area contributed by atoms with Gasteiger partial charge in [0.2, 0.25) is 0 Å². The second-order valence-electron chi connectivity index (χ2n) is 6.54. The Labute approximate surface area is 174 Å². The minimum Gasteiger partial charge on any atom is -0.493 e. The van der Waals surface area contributed by atoms with Gasteiger partial charge in [-0.3, -0.25) is 14.9 Å². The zero-order chi connectivity index (χ0) is 22.3. The number of anilines is 1. The van der Waals surface area contributed by atoms with Crippen LogP contribution >= 0.6 is 0 Å². The van der Waals surface area contributed by atoms with E-state index in [0.29, 0.717) is 11.6 Å². The van der Waals surface area contributed by atoms with Gasteiger partial charge >= 0.3 is 5.97 Å². The first-order chi connectivity index (χ1) is 14.3. The van der Waals surface area contributed by atoms with E-state index in [9.17, 15) is 19.7 Å². The van der Waals surface area contributed by atoms with Gasteiger partial charge in [-0.15, -0.1) is 0 Å². The Morgan fingerprint density at radius 3 is 2.23 bits per heavy atom. The number of nitro groups is 1. The molecule has 0 aliphatic carbocycles. The first-order valence-electron chi connectivity index (χ1n) is 9.28. The number of methoxy groups -OCH3 is 2. The molecule has 0 saturated carbocycles. The van der Waals surface area contributed by atoms with Gasteiger partial charge in [0.25, 0.3) is 11.6 Å². The average Bonchev–Trinajstić information content (AvgIpc) is 2.76. The molecule has 0 unspecified atom stereocenters. The quantitative estimate of drug-likeness (QED) is 0.374. The number of ether oxygens (including phenoxy) is 3. The Morgan fingerprint density at radius 1 is 1.10 bits per heavy atom. The minimum absolute atomic E-state index is 0.0966. The van der Waals surface area contributed by atoms with Gasteiger partial charge in [-0.1, -0.05) is 26.0 Å².